The fourth-order valence-electron chi connectivity index (χ4n) is 4.43. The molecule has 26 heavy (non-hydrogen) atoms. The monoisotopic (exact) mass is 399 g/mol. The minimum Gasteiger partial charge on any atom is -0.478 e. The Kier molecular flexibility index (Phi) is 4.63. The lowest BCUT2D eigenvalue weighted by Crippen LogP contribution is -2.40. The third-order valence-corrected chi connectivity index (χ3v) is 9.71. The average molecular weight is 400 g/mol. The number of hydrogen-bond acceptors (Lipinski definition) is 6. The maximum absolute atomic E-state index is 13.3. The molecule has 0 saturated carbocycles. The van der Waals surface area contributed by atoms with Gasteiger partial charge in [-0.25, -0.2) is 13.2 Å². The average Bonchev–Trinajstić information content (AvgIpc) is 3.21. The Hall–Kier alpha value is -1.00. The molecule has 144 valence electrons. The van der Waals surface area contributed by atoms with E-state index in [0.717, 1.165) is 48.6 Å². The summed E-state index contributed by atoms with van der Waals surface area (Å²) in [6.45, 7) is 4.23. The van der Waals surface area contributed by atoms with Crippen LogP contribution in [0, 0.1) is 5.41 Å². The van der Waals surface area contributed by atoms with Crippen molar-refractivity contribution in [2.75, 3.05) is 39.8 Å². The molecule has 0 unspecified atom stereocenters. The van der Waals surface area contributed by atoms with Crippen LogP contribution in [0.3, 0.4) is 0 Å². The van der Waals surface area contributed by atoms with Gasteiger partial charge in [-0.1, -0.05) is 0 Å². The van der Waals surface area contributed by atoms with E-state index in [2.05, 4.69) is 17.3 Å². The van der Waals surface area contributed by atoms with Gasteiger partial charge in [-0.3, -0.25) is 0 Å². The molecule has 2 fully saturated rings. The Morgan fingerprint density at radius 2 is 1.92 bits per heavy atom. The predicted molar refractivity (Wildman–Crippen MR) is 99.2 cm³/mol. The molecular formula is C17H25N3O4S2. The number of aromatic carboxylic acids is 1. The predicted octanol–water partition coefficient (Wildman–Crippen LogP) is 1.20. The summed E-state index contributed by atoms with van der Waals surface area (Å²) in [6.07, 6.45) is 3.45. The van der Waals surface area contributed by atoms with E-state index in [1.54, 1.807) is 0 Å². The summed E-state index contributed by atoms with van der Waals surface area (Å²) in [5.41, 5.74) is 0.769. The fraction of sp³-hybridized carbons (Fsp3) is 0.706. The minimum atomic E-state index is -3.77. The molecule has 2 saturated heterocycles. The molecule has 3 aliphatic rings. The van der Waals surface area contributed by atoms with Gasteiger partial charge >= 0.3 is 5.97 Å². The molecule has 4 heterocycles. The van der Waals surface area contributed by atoms with Crippen LogP contribution in [0.5, 0.6) is 0 Å². The van der Waals surface area contributed by atoms with Crippen molar-refractivity contribution in [1.29, 1.82) is 0 Å². The number of nitrogens with zero attached hydrogens (tertiary/aromatic N) is 2. The summed E-state index contributed by atoms with van der Waals surface area (Å²) in [5.74, 6) is -1.13. The summed E-state index contributed by atoms with van der Waals surface area (Å²) in [6, 6.07) is 0. The molecule has 3 aliphatic heterocycles. The normalized spacial score (nSPS) is 24.0. The van der Waals surface area contributed by atoms with Gasteiger partial charge in [0.05, 0.1) is 5.56 Å². The largest absolute Gasteiger partial charge is 0.478 e. The second kappa shape index (κ2) is 6.56. The number of nitrogens with one attached hydrogen (secondary N) is 1. The number of carboxylic acids is 1. The molecule has 4 rings (SSSR count). The van der Waals surface area contributed by atoms with Crippen molar-refractivity contribution in [1.82, 2.24) is 14.5 Å². The number of hydrogen-bond donors (Lipinski definition) is 2. The zero-order valence-corrected chi connectivity index (χ0v) is 16.6. The Balaban J connectivity index is 1.66. The SMILES string of the molecule is CN1CCC2(CC1)CCN(S(=O)(=O)c1sc3c(c1C(=O)O)CCNC3)C2. The highest BCUT2D eigenvalue weighted by Gasteiger charge is 2.46. The van der Waals surface area contributed by atoms with Gasteiger partial charge in [-0.15, -0.1) is 11.3 Å². The highest BCUT2D eigenvalue weighted by atomic mass is 32.2. The molecule has 7 nitrogen and oxygen atoms in total. The molecule has 0 amide bonds. The number of fused-ring (bicyclic) bond motifs is 1. The lowest BCUT2D eigenvalue weighted by atomic mass is 9.78. The molecule has 0 radical (unpaired) electrons. The first-order chi connectivity index (χ1) is 12.3. The van der Waals surface area contributed by atoms with Gasteiger partial charge in [-0.2, -0.15) is 4.31 Å². The second-order valence-electron chi connectivity index (χ2n) is 7.79. The number of carbonyl (C=O) groups is 1. The molecular weight excluding hydrogens is 374 g/mol. The number of sulfonamides is 1. The van der Waals surface area contributed by atoms with Crippen molar-refractivity contribution < 1.29 is 18.3 Å². The zero-order chi connectivity index (χ0) is 18.5. The topological polar surface area (TPSA) is 90.0 Å². The summed E-state index contributed by atoms with van der Waals surface area (Å²) >= 11 is 1.14. The van der Waals surface area contributed by atoms with Crippen molar-refractivity contribution in [3.05, 3.63) is 16.0 Å². The van der Waals surface area contributed by atoms with E-state index in [4.69, 9.17) is 0 Å². The van der Waals surface area contributed by atoms with Gasteiger partial charge in [0.25, 0.3) is 10.0 Å². The van der Waals surface area contributed by atoms with E-state index in [-0.39, 0.29) is 15.2 Å². The highest BCUT2D eigenvalue weighted by molar-refractivity contribution is 7.91. The number of piperidine rings is 1. The van der Waals surface area contributed by atoms with Crippen LogP contribution in [0.4, 0.5) is 0 Å². The van der Waals surface area contributed by atoms with Crippen LogP contribution in [0.1, 0.15) is 40.1 Å². The van der Waals surface area contributed by atoms with Gasteiger partial charge in [0.1, 0.15) is 4.21 Å². The summed E-state index contributed by atoms with van der Waals surface area (Å²) in [4.78, 5) is 15.0. The molecule has 1 spiro atoms. The van der Waals surface area contributed by atoms with E-state index in [1.807, 2.05) is 0 Å². The maximum Gasteiger partial charge on any atom is 0.338 e. The van der Waals surface area contributed by atoms with Crippen LogP contribution in [0.2, 0.25) is 0 Å². The summed E-state index contributed by atoms with van der Waals surface area (Å²) in [7, 11) is -1.67. The summed E-state index contributed by atoms with van der Waals surface area (Å²) < 4.78 is 28.2. The quantitative estimate of drug-likeness (QED) is 0.794. The third-order valence-electron chi connectivity index (χ3n) is 6.13. The van der Waals surface area contributed by atoms with E-state index in [9.17, 15) is 18.3 Å². The molecule has 0 bridgehead atoms. The molecule has 0 aliphatic carbocycles. The number of rotatable bonds is 3. The number of thiophene rings is 1. The van der Waals surface area contributed by atoms with Crippen LogP contribution in [0.25, 0.3) is 0 Å². The van der Waals surface area contributed by atoms with E-state index < -0.39 is 16.0 Å². The standard InChI is InChI=1S/C17H25N3O4S2/c1-19-7-3-17(4-8-19)5-9-20(11-17)26(23,24)16-14(15(21)22)12-2-6-18-10-13(12)25-16/h18H,2-11H2,1H3,(H,21,22). The van der Waals surface area contributed by atoms with Gasteiger partial charge < -0.3 is 15.3 Å². The van der Waals surface area contributed by atoms with Crippen LogP contribution in [-0.4, -0.2) is 68.5 Å². The smallest absolute Gasteiger partial charge is 0.338 e. The summed E-state index contributed by atoms with van der Waals surface area (Å²) in [5, 5.41) is 12.9. The Morgan fingerprint density at radius 1 is 1.23 bits per heavy atom. The number of carboxylic acid groups (broad SMARTS) is 1. The number of likely N-dealkylation sites (tertiary alicyclic amines) is 1. The van der Waals surface area contributed by atoms with Crippen molar-refractivity contribution in [3.63, 3.8) is 0 Å². The minimum absolute atomic E-state index is 0.0100. The van der Waals surface area contributed by atoms with Gasteiger partial charge in [0, 0.05) is 24.5 Å². The fourth-order valence-corrected chi connectivity index (χ4v) is 7.98. The van der Waals surface area contributed by atoms with E-state index in [0.29, 0.717) is 38.2 Å². The van der Waals surface area contributed by atoms with Crippen molar-refractivity contribution >= 4 is 27.3 Å². The Bertz CT molecular complexity index is 825. The highest BCUT2D eigenvalue weighted by Crippen LogP contribution is 2.44. The lowest BCUT2D eigenvalue weighted by Gasteiger charge is -2.37. The van der Waals surface area contributed by atoms with Crippen LogP contribution < -0.4 is 5.32 Å². The molecule has 9 heteroatoms. The third kappa shape index (κ3) is 2.99. The maximum atomic E-state index is 13.3. The van der Waals surface area contributed by atoms with E-state index in [1.165, 1.54) is 4.31 Å². The van der Waals surface area contributed by atoms with E-state index >= 15 is 0 Å². The molecule has 1 aromatic heterocycles. The van der Waals surface area contributed by atoms with Crippen molar-refractivity contribution in [2.24, 2.45) is 5.41 Å². The van der Waals surface area contributed by atoms with Crippen molar-refractivity contribution in [3.8, 4) is 0 Å². The van der Waals surface area contributed by atoms with Gasteiger partial charge in [0.15, 0.2) is 0 Å². The van der Waals surface area contributed by atoms with Crippen molar-refractivity contribution in [2.45, 2.75) is 36.4 Å². The van der Waals surface area contributed by atoms with Gasteiger partial charge in [-0.05, 0) is 63.3 Å². The van der Waals surface area contributed by atoms with Crippen LogP contribution in [0.15, 0.2) is 4.21 Å². The molecule has 0 aromatic carbocycles. The zero-order valence-electron chi connectivity index (χ0n) is 15.0. The first-order valence-corrected chi connectivity index (χ1v) is 11.4. The van der Waals surface area contributed by atoms with Crippen LogP contribution >= 0.6 is 11.3 Å². The van der Waals surface area contributed by atoms with Crippen LogP contribution in [-0.2, 0) is 23.0 Å². The Labute approximate surface area is 158 Å². The molecule has 1 aromatic rings. The lowest BCUT2D eigenvalue weighted by molar-refractivity contribution is 0.0692. The Morgan fingerprint density at radius 3 is 2.62 bits per heavy atom. The first kappa shape index (κ1) is 18.4. The first-order valence-electron chi connectivity index (χ1n) is 9.10. The van der Waals surface area contributed by atoms with Gasteiger partial charge in [0.2, 0.25) is 0 Å². The molecule has 0 atom stereocenters. The molecule has 2 N–H and O–H groups in total. The second-order valence-corrected chi connectivity index (χ2v) is 11.0.